The van der Waals surface area contributed by atoms with E-state index in [4.69, 9.17) is 14.9 Å². The molecule has 0 spiro atoms. The molecule has 0 aromatic rings. The molecule has 54 heavy (non-hydrogen) atoms. The van der Waals surface area contributed by atoms with Gasteiger partial charge in [-0.3, -0.25) is 44.4 Å². The fraction of sp³-hybridized carbons (Fsp3) is 0.618. The maximum atomic E-state index is 12.5. The summed E-state index contributed by atoms with van der Waals surface area (Å²) in [7, 11) is 0. The number of hydrogen-bond acceptors (Lipinski definition) is 13. The van der Waals surface area contributed by atoms with E-state index in [1.807, 2.05) is 0 Å². The molecule has 0 unspecified atom stereocenters. The van der Waals surface area contributed by atoms with E-state index in [9.17, 15) is 49.2 Å². The standard InChI is InChI=1S/C34H54N6O13.Fe/c1-23(13-18-41)21-30(45)39(51)16-7-10-27-33(48)36-26(32(47)37-27)9-6-15-38(50)29(44)12-4-5-20-53-34(49)28(35-25(3)43)11-8-17-40(52)31(46)22-24(2)14-19-42;/h4,12,21-22,26-28,41-42,50-52H,5-11,13-20H2,1-3H3,(H,35,43)(H,36,48)(H,37,47);/b12-4+,23-21+,24-22+;/t26-,27-,28+;/m0./s1. The number of amides is 6. The monoisotopic (exact) mass is 810 g/mol. The van der Waals surface area contributed by atoms with Crippen LogP contribution in [0.3, 0.4) is 0 Å². The van der Waals surface area contributed by atoms with Crippen LogP contribution in [0.1, 0.15) is 78.6 Å². The minimum Gasteiger partial charge on any atom is -0.464 e. The predicted molar refractivity (Wildman–Crippen MR) is 185 cm³/mol. The third-order valence-corrected chi connectivity index (χ3v) is 7.82. The van der Waals surface area contributed by atoms with Crippen LogP contribution in [0.4, 0.5) is 0 Å². The van der Waals surface area contributed by atoms with Crippen LogP contribution in [0.5, 0.6) is 0 Å². The quantitative estimate of drug-likeness (QED) is 0.0154. The summed E-state index contributed by atoms with van der Waals surface area (Å²) in [6.07, 6.45) is 6.35. The molecule has 1 saturated heterocycles. The molecule has 8 N–H and O–H groups in total. The van der Waals surface area contributed by atoms with Crippen LogP contribution in [0.25, 0.3) is 0 Å². The van der Waals surface area contributed by atoms with Crippen molar-refractivity contribution in [2.75, 3.05) is 39.5 Å². The number of aliphatic hydroxyl groups is 2. The Labute approximate surface area is 324 Å². The number of carbonyl (C=O) groups is 7. The minimum absolute atomic E-state index is 0. The molecular formula is C34H54FeN6O13. The Balaban J connectivity index is 0.0000281. The summed E-state index contributed by atoms with van der Waals surface area (Å²) in [5, 5.41) is 56.8. The Bertz CT molecular complexity index is 1360. The molecule has 1 fully saturated rings. The molecule has 1 rings (SSSR count). The van der Waals surface area contributed by atoms with Crippen molar-refractivity contribution < 1.29 is 81.2 Å². The fourth-order valence-electron chi connectivity index (χ4n) is 4.91. The van der Waals surface area contributed by atoms with Crippen molar-refractivity contribution in [3.05, 3.63) is 35.5 Å². The smallest absolute Gasteiger partial charge is 0.328 e. The van der Waals surface area contributed by atoms with Gasteiger partial charge in [-0.15, -0.1) is 0 Å². The molecule has 0 radical (unpaired) electrons. The zero-order valence-electron chi connectivity index (χ0n) is 30.8. The topological polar surface area (TPSA) is 276 Å². The molecule has 0 aromatic carbocycles. The maximum absolute atomic E-state index is 12.5. The summed E-state index contributed by atoms with van der Waals surface area (Å²) < 4.78 is 5.17. The zero-order chi connectivity index (χ0) is 39.9. The third kappa shape index (κ3) is 20.3. The molecule has 306 valence electrons. The van der Waals surface area contributed by atoms with Gasteiger partial charge in [-0.25, -0.2) is 20.0 Å². The van der Waals surface area contributed by atoms with Crippen molar-refractivity contribution in [1.82, 2.24) is 31.1 Å². The molecule has 1 heterocycles. The first-order chi connectivity index (χ1) is 25.1. The van der Waals surface area contributed by atoms with E-state index >= 15 is 0 Å². The number of rotatable bonds is 24. The van der Waals surface area contributed by atoms with Crippen molar-refractivity contribution >= 4 is 41.4 Å². The Morgan fingerprint density at radius 1 is 0.759 bits per heavy atom. The number of ether oxygens (including phenoxy) is 1. The Hall–Kier alpha value is -4.17. The van der Waals surface area contributed by atoms with Crippen molar-refractivity contribution in [1.29, 1.82) is 0 Å². The van der Waals surface area contributed by atoms with Gasteiger partial charge < -0.3 is 30.9 Å². The van der Waals surface area contributed by atoms with Crippen LogP contribution in [-0.4, -0.2) is 140 Å². The summed E-state index contributed by atoms with van der Waals surface area (Å²) in [6, 6.07) is -2.80. The average molecular weight is 811 g/mol. The largest absolute Gasteiger partial charge is 0.464 e. The number of carbonyl (C=O) groups excluding carboxylic acids is 7. The number of aliphatic hydroxyl groups excluding tert-OH is 2. The van der Waals surface area contributed by atoms with Gasteiger partial charge in [0.2, 0.25) is 17.7 Å². The van der Waals surface area contributed by atoms with Crippen LogP contribution in [-0.2, 0) is 55.4 Å². The van der Waals surface area contributed by atoms with E-state index in [-0.39, 0.29) is 108 Å². The van der Waals surface area contributed by atoms with Crippen molar-refractivity contribution in [2.24, 2.45) is 0 Å². The molecule has 0 aromatic heterocycles. The maximum Gasteiger partial charge on any atom is 0.328 e. The summed E-state index contributed by atoms with van der Waals surface area (Å²) in [5.74, 6) is -4.28. The second-order valence-corrected chi connectivity index (χ2v) is 12.5. The van der Waals surface area contributed by atoms with Gasteiger partial charge in [-0.1, -0.05) is 17.2 Å². The van der Waals surface area contributed by atoms with Gasteiger partial charge in [0.25, 0.3) is 17.7 Å². The molecule has 6 amide bonds. The van der Waals surface area contributed by atoms with Gasteiger partial charge in [-0.2, -0.15) is 0 Å². The fourth-order valence-corrected chi connectivity index (χ4v) is 4.91. The SMILES string of the molecule is CC(=O)N[C@H](CCCN(O)C(=O)/C=C(\C)CCO)C(=O)OCC/C=C/C(=O)N(O)CCC[C@@H]1NC(=O)[C@H](CCCN(O)C(=O)/C=C(\C)CCO)NC1=O.[Fe]. The van der Waals surface area contributed by atoms with Crippen molar-refractivity contribution in [3.8, 4) is 0 Å². The van der Waals surface area contributed by atoms with Crippen LogP contribution in [0.2, 0.25) is 0 Å². The Morgan fingerprint density at radius 2 is 1.20 bits per heavy atom. The first-order valence-corrected chi connectivity index (χ1v) is 17.4. The zero-order valence-corrected chi connectivity index (χ0v) is 31.9. The third-order valence-electron chi connectivity index (χ3n) is 7.82. The predicted octanol–water partition coefficient (Wildman–Crippen LogP) is -0.387. The van der Waals surface area contributed by atoms with E-state index in [1.165, 1.54) is 25.2 Å². The van der Waals surface area contributed by atoms with E-state index in [0.717, 1.165) is 6.08 Å². The molecule has 3 atom stereocenters. The molecule has 0 aliphatic carbocycles. The van der Waals surface area contributed by atoms with Gasteiger partial charge in [0.15, 0.2) is 0 Å². The van der Waals surface area contributed by atoms with Crippen molar-refractivity contribution in [3.63, 3.8) is 0 Å². The van der Waals surface area contributed by atoms with Crippen LogP contribution in [0.15, 0.2) is 35.5 Å². The van der Waals surface area contributed by atoms with E-state index in [2.05, 4.69) is 16.0 Å². The number of nitrogens with zero attached hydrogens (tertiary/aromatic N) is 3. The van der Waals surface area contributed by atoms with E-state index in [1.54, 1.807) is 13.8 Å². The number of hydroxylamine groups is 6. The first-order valence-electron chi connectivity index (χ1n) is 17.4. The first kappa shape index (κ1) is 49.8. The minimum atomic E-state index is -1.05. The number of nitrogens with one attached hydrogen (secondary N) is 3. The number of piperazine rings is 1. The molecule has 1 aliphatic heterocycles. The summed E-state index contributed by atoms with van der Waals surface area (Å²) in [5.41, 5.74) is 1.17. The van der Waals surface area contributed by atoms with Gasteiger partial charge in [0, 0.05) is 81.5 Å². The molecule has 0 saturated carbocycles. The van der Waals surface area contributed by atoms with Gasteiger partial charge >= 0.3 is 5.97 Å². The number of hydrogen-bond donors (Lipinski definition) is 8. The van der Waals surface area contributed by atoms with Crippen molar-refractivity contribution in [2.45, 2.75) is 96.7 Å². The molecule has 0 bridgehead atoms. The van der Waals surface area contributed by atoms with Gasteiger partial charge in [-0.05, 0) is 65.2 Å². The summed E-state index contributed by atoms with van der Waals surface area (Å²) in [4.78, 5) is 85.4. The number of esters is 1. The average Bonchev–Trinajstić information content (AvgIpc) is 3.08. The molecule has 1 aliphatic rings. The Morgan fingerprint density at radius 3 is 1.65 bits per heavy atom. The Kier molecular flexibility index (Phi) is 25.3. The second-order valence-electron chi connectivity index (χ2n) is 12.5. The summed E-state index contributed by atoms with van der Waals surface area (Å²) in [6.45, 7) is 3.71. The van der Waals surface area contributed by atoms with E-state index in [0.29, 0.717) is 32.8 Å². The van der Waals surface area contributed by atoms with Gasteiger partial charge in [0.1, 0.15) is 18.1 Å². The van der Waals surface area contributed by atoms with Crippen LogP contribution >= 0.6 is 0 Å². The van der Waals surface area contributed by atoms with Gasteiger partial charge in [0.05, 0.1) is 6.61 Å². The normalized spacial score (nSPS) is 16.4. The second kappa shape index (κ2) is 27.4. The molecular weight excluding hydrogens is 756 g/mol. The van der Waals surface area contributed by atoms with E-state index < -0.39 is 59.5 Å². The van der Waals surface area contributed by atoms with Crippen LogP contribution in [0, 0.1) is 0 Å². The van der Waals surface area contributed by atoms with Crippen LogP contribution < -0.4 is 16.0 Å². The molecule has 19 nitrogen and oxygen atoms in total. The molecule has 20 heteroatoms. The summed E-state index contributed by atoms with van der Waals surface area (Å²) >= 11 is 0.